The zero-order chi connectivity index (χ0) is 15.1. The number of hydrogen-bond donors (Lipinski definition) is 2. The van der Waals surface area contributed by atoms with Gasteiger partial charge in [-0.2, -0.15) is 0 Å². The first-order valence-corrected chi connectivity index (χ1v) is 6.82. The van der Waals surface area contributed by atoms with Crippen molar-refractivity contribution in [1.29, 1.82) is 0 Å². The summed E-state index contributed by atoms with van der Waals surface area (Å²) in [4.78, 5) is 11.5. The molecule has 0 spiro atoms. The van der Waals surface area contributed by atoms with E-state index in [4.69, 9.17) is 17.3 Å². The number of aryl methyl sites for hydroxylation is 1. The smallest absolute Gasteiger partial charge is 0.336 e. The van der Waals surface area contributed by atoms with Crippen molar-refractivity contribution in [3.05, 3.63) is 64.2 Å². The normalized spacial score (nSPS) is 12.1. The van der Waals surface area contributed by atoms with Crippen LogP contribution in [0.5, 0.6) is 5.75 Å². The molecule has 3 nitrogen and oxygen atoms in total. The average molecular weight is 296 g/mol. The fourth-order valence-electron chi connectivity index (χ4n) is 2.44. The number of phenols is 1. The third kappa shape index (κ3) is 2.14. The third-order valence-corrected chi connectivity index (χ3v) is 4.06. The van der Waals surface area contributed by atoms with Gasteiger partial charge in [0.2, 0.25) is 0 Å². The number of aromatic hydroxyl groups is 1. The van der Waals surface area contributed by atoms with Gasteiger partial charge in [0.05, 0.1) is 10.4 Å². The van der Waals surface area contributed by atoms with Crippen LogP contribution in [0.1, 0.15) is 27.8 Å². The summed E-state index contributed by atoms with van der Waals surface area (Å²) in [7, 11) is 0. The maximum atomic E-state index is 11.0. The van der Waals surface area contributed by atoms with E-state index in [1.54, 1.807) is 12.1 Å². The van der Waals surface area contributed by atoms with Crippen LogP contribution in [0.15, 0.2) is 36.4 Å². The highest BCUT2D eigenvalue weighted by molar-refractivity contribution is 7.81. The van der Waals surface area contributed by atoms with Gasteiger partial charge in [-0.25, -0.2) is 4.79 Å². The molecule has 2 N–H and O–H groups in total. The molecule has 2 aromatic carbocycles. The number of carboxylic acid groups (broad SMARTS) is 1. The molecule has 0 atom stereocenters. The second-order valence-electron chi connectivity index (χ2n) is 4.96. The number of fused-ring (bicyclic) bond motifs is 1. The topological polar surface area (TPSA) is 57.5 Å². The molecule has 0 saturated carbocycles. The van der Waals surface area contributed by atoms with Crippen molar-refractivity contribution in [3.8, 4) is 5.75 Å². The van der Waals surface area contributed by atoms with Crippen LogP contribution in [0.2, 0.25) is 0 Å². The lowest BCUT2D eigenvalue weighted by atomic mass is 9.85. The van der Waals surface area contributed by atoms with Crippen LogP contribution in [-0.4, -0.2) is 21.0 Å². The molecule has 0 fully saturated rings. The summed E-state index contributed by atoms with van der Waals surface area (Å²) in [6.07, 6.45) is 1.58. The molecule has 0 heterocycles. The number of rotatable bonds is 3. The van der Waals surface area contributed by atoms with Crippen molar-refractivity contribution in [2.24, 2.45) is 0 Å². The summed E-state index contributed by atoms with van der Waals surface area (Å²) in [5.74, 6) is -0.981. The lowest BCUT2D eigenvalue weighted by Gasteiger charge is -2.19. The van der Waals surface area contributed by atoms with E-state index in [1.165, 1.54) is 6.07 Å². The quantitative estimate of drug-likeness (QED) is 0.673. The number of carboxylic acids is 1. The molecule has 0 unspecified atom stereocenters. The predicted octanol–water partition coefficient (Wildman–Crippen LogP) is 3.41. The lowest BCUT2D eigenvalue weighted by Crippen LogP contribution is -2.11. The molecule has 0 saturated heterocycles. The van der Waals surface area contributed by atoms with Gasteiger partial charge in [-0.05, 0) is 47.4 Å². The Labute approximate surface area is 127 Å². The molecule has 3 rings (SSSR count). The molecule has 0 aliphatic heterocycles. The van der Waals surface area contributed by atoms with Crippen molar-refractivity contribution >= 4 is 34.7 Å². The number of aliphatic carboxylic acids is 1. The molecular formula is C17H12O3S. The summed E-state index contributed by atoms with van der Waals surface area (Å²) in [5.41, 5.74) is 4.04. The average Bonchev–Trinajstić information content (AvgIpc) is 2.42. The van der Waals surface area contributed by atoms with E-state index in [-0.39, 0.29) is 11.3 Å². The summed E-state index contributed by atoms with van der Waals surface area (Å²) >= 11 is 5.47. The van der Waals surface area contributed by atoms with Gasteiger partial charge in [0, 0.05) is 5.56 Å². The maximum absolute atomic E-state index is 11.0. The Hall–Kier alpha value is -2.46. The van der Waals surface area contributed by atoms with Gasteiger partial charge < -0.3 is 10.2 Å². The zero-order valence-corrected chi connectivity index (χ0v) is 12.1. The first kappa shape index (κ1) is 13.5. The summed E-state index contributed by atoms with van der Waals surface area (Å²) in [6.45, 7) is 1.96. The van der Waals surface area contributed by atoms with Gasteiger partial charge in [0.25, 0.3) is 0 Å². The Balaban J connectivity index is 2.04. The molecule has 0 amide bonds. The molecule has 0 aromatic heterocycles. The Bertz CT molecular complexity index is 819. The Morgan fingerprint density at radius 2 is 1.86 bits per heavy atom. The van der Waals surface area contributed by atoms with E-state index < -0.39 is 5.97 Å². The standard InChI is InChI=1S/C17H12O3S/c1-9-4-2-3-5-11(9)16(21)14-7-10-6-13(17(19)20)12(10)8-15(14)18/h2-8,18H,1H3,(H,19,20). The molecule has 2 aromatic rings. The fraction of sp³-hybridized carbons (Fsp3) is 0.0588. The van der Waals surface area contributed by atoms with Crippen molar-refractivity contribution in [2.75, 3.05) is 0 Å². The van der Waals surface area contributed by atoms with Crippen LogP contribution < -0.4 is 0 Å². The van der Waals surface area contributed by atoms with E-state index >= 15 is 0 Å². The minimum Gasteiger partial charge on any atom is -0.507 e. The van der Waals surface area contributed by atoms with Gasteiger partial charge >= 0.3 is 5.97 Å². The van der Waals surface area contributed by atoms with E-state index in [0.29, 0.717) is 16.0 Å². The van der Waals surface area contributed by atoms with E-state index in [0.717, 1.165) is 16.7 Å². The molecule has 4 heteroatoms. The first-order valence-electron chi connectivity index (χ1n) is 6.41. The number of phenolic OH excluding ortho intramolecular Hbond substituents is 1. The molecule has 21 heavy (non-hydrogen) atoms. The van der Waals surface area contributed by atoms with Crippen LogP contribution in [-0.2, 0) is 4.79 Å². The minimum absolute atomic E-state index is 0.00820. The van der Waals surface area contributed by atoms with Crippen molar-refractivity contribution in [3.63, 3.8) is 0 Å². The Kier molecular flexibility index (Phi) is 3.11. The van der Waals surface area contributed by atoms with Crippen LogP contribution in [0.3, 0.4) is 0 Å². The lowest BCUT2D eigenvalue weighted by molar-refractivity contribution is -0.130. The predicted molar refractivity (Wildman–Crippen MR) is 85.6 cm³/mol. The zero-order valence-electron chi connectivity index (χ0n) is 11.3. The molecule has 104 valence electrons. The second-order valence-corrected chi connectivity index (χ2v) is 5.37. The first-order chi connectivity index (χ1) is 9.99. The Morgan fingerprint density at radius 1 is 1.14 bits per heavy atom. The Morgan fingerprint density at radius 3 is 2.52 bits per heavy atom. The highest BCUT2D eigenvalue weighted by atomic mass is 32.1. The number of hydrogen-bond acceptors (Lipinski definition) is 3. The van der Waals surface area contributed by atoms with Gasteiger partial charge in [-0.3, -0.25) is 0 Å². The molecule has 0 bridgehead atoms. The van der Waals surface area contributed by atoms with Crippen molar-refractivity contribution in [2.45, 2.75) is 6.92 Å². The number of benzene rings is 2. The van der Waals surface area contributed by atoms with Gasteiger partial charge in [0.1, 0.15) is 5.75 Å². The summed E-state index contributed by atoms with van der Waals surface area (Å²) < 4.78 is 0. The number of thiocarbonyl (C=S) groups is 1. The summed E-state index contributed by atoms with van der Waals surface area (Å²) in [6, 6.07) is 10.9. The molecule has 0 radical (unpaired) electrons. The van der Waals surface area contributed by atoms with E-state index in [2.05, 4.69) is 0 Å². The van der Waals surface area contributed by atoms with E-state index in [1.807, 2.05) is 31.2 Å². The largest absolute Gasteiger partial charge is 0.507 e. The SMILES string of the molecule is Cc1ccccc1C(=S)c1cc2c(cc1O)C(C(=O)O)=C2. The molecular weight excluding hydrogens is 284 g/mol. The monoisotopic (exact) mass is 296 g/mol. The fourth-order valence-corrected chi connectivity index (χ4v) is 2.84. The van der Waals surface area contributed by atoms with Crippen LogP contribution in [0.4, 0.5) is 0 Å². The molecule has 1 aliphatic carbocycles. The van der Waals surface area contributed by atoms with Gasteiger partial charge in [0.15, 0.2) is 0 Å². The van der Waals surface area contributed by atoms with Crippen LogP contribution in [0, 0.1) is 6.92 Å². The highest BCUT2D eigenvalue weighted by Gasteiger charge is 2.25. The van der Waals surface area contributed by atoms with Crippen LogP contribution in [0.25, 0.3) is 11.6 Å². The third-order valence-electron chi connectivity index (χ3n) is 3.62. The highest BCUT2D eigenvalue weighted by Crippen LogP contribution is 2.38. The van der Waals surface area contributed by atoms with Crippen molar-refractivity contribution < 1.29 is 15.0 Å². The minimum atomic E-state index is -0.990. The second kappa shape index (κ2) is 4.82. The maximum Gasteiger partial charge on any atom is 0.336 e. The number of carbonyl (C=O) groups is 1. The van der Waals surface area contributed by atoms with Gasteiger partial charge in [-0.15, -0.1) is 0 Å². The van der Waals surface area contributed by atoms with Gasteiger partial charge in [-0.1, -0.05) is 36.5 Å². The molecule has 1 aliphatic rings. The van der Waals surface area contributed by atoms with Crippen molar-refractivity contribution in [1.82, 2.24) is 0 Å². The summed E-state index contributed by atoms with van der Waals surface area (Å²) in [5, 5.41) is 19.2. The van der Waals surface area contributed by atoms with Crippen LogP contribution >= 0.6 is 12.2 Å². The van der Waals surface area contributed by atoms with E-state index in [9.17, 15) is 9.90 Å².